The van der Waals surface area contributed by atoms with E-state index in [-0.39, 0.29) is 0 Å². The number of aryl methyl sites for hydroxylation is 1. The minimum Gasteiger partial charge on any atom is -0.497 e. The molecule has 1 aromatic carbocycles. The van der Waals surface area contributed by atoms with Crippen LogP contribution in [-0.2, 0) is 11.2 Å². The van der Waals surface area contributed by atoms with Crippen LogP contribution < -0.4 is 4.74 Å². The van der Waals surface area contributed by atoms with Gasteiger partial charge >= 0.3 is 0 Å². The van der Waals surface area contributed by atoms with Gasteiger partial charge in [0.25, 0.3) is 0 Å². The maximum atomic E-state index is 10.5. The highest BCUT2D eigenvalue weighted by atomic mass is 16.5. The highest BCUT2D eigenvalue weighted by Crippen LogP contribution is 2.16. The van der Waals surface area contributed by atoms with E-state index in [0.717, 1.165) is 30.6 Å². The van der Waals surface area contributed by atoms with Crippen LogP contribution in [0.25, 0.3) is 0 Å². The van der Waals surface area contributed by atoms with Crippen LogP contribution in [-0.4, -0.2) is 51.6 Å². The number of likely N-dealkylation sites (N-methyl/N-ethyl adjacent to an activating group) is 1. The number of rotatable bonds is 5. The fraction of sp³-hybridized carbons (Fsp3) is 0.588. The molecule has 0 spiro atoms. The van der Waals surface area contributed by atoms with Crippen molar-refractivity contribution in [1.29, 1.82) is 0 Å². The third-order valence-electron chi connectivity index (χ3n) is 3.80. The number of nitrogens with zero attached hydrogens (tertiary/aromatic N) is 1. The zero-order valence-electron chi connectivity index (χ0n) is 13.6. The predicted octanol–water partition coefficient (Wildman–Crippen LogP) is 2.80. The summed E-state index contributed by atoms with van der Waals surface area (Å²) in [5.41, 5.74) is 1.79. The second-order valence-electron chi connectivity index (χ2n) is 5.32. The molecule has 1 aliphatic heterocycles. The Hall–Kier alpha value is -1.39. The van der Waals surface area contributed by atoms with Gasteiger partial charge in [-0.2, -0.15) is 0 Å². The molecule has 0 N–H and O–H groups in total. The van der Waals surface area contributed by atoms with Crippen LogP contribution in [0.4, 0.5) is 0 Å². The van der Waals surface area contributed by atoms with Gasteiger partial charge < -0.3 is 14.4 Å². The first-order chi connectivity index (χ1) is 10.1. The van der Waals surface area contributed by atoms with Gasteiger partial charge in [0.1, 0.15) is 12.0 Å². The predicted molar refractivity (Wildman–Crippen MR) is 85.3 cm³/mol. The van der Waals surface area contributed by atoms with Crippen molar-refractivity contribution in [2.45, 2.75) is 32.2 Å². The fourth-order valence-corrected chi connectivity index (χ4v) is 2.46. The van der Waals surface area contributed by atoms with Crippen LogP contribution in [0.1, 0.15) is 35.7 Å². The van der Waals surface area contributed by atoms with Crippen molar-refractivity contribution in [3.63, 3.8) is 0 Å². The largest absolute Gasteiger partial charge is 0.497 e. The van der Waals surface area contributed by atoms with Crippen LogP contribution in [0.3, 0.4) is 0 Å². The molecule has 1 atom stereocenters. The molecule has 4 heteroatoms. The van der Waals surface area contributed by atoms with Gasteiger partial charge in [-0.05, 0) is 56.6 Å². The van der Waals surface area contributed by atoms with Crippen LogP contribution in [0, 0.1) is 0 Å². The van der Waals surface area contributed by atoms with Crippen molar-refractivity contribution in [2.24, 2.45) is 0 Å². The molecule has 0 amide bonds. The van der Waals surface area contributed by atoms with Gasteiger partial charge in [-0.25, -0.2) is 0 Å². The minimum absolute atomic E-state index is 0.672. The number of hydrogen-bond acceptors (Lipinski definition) is 4. The SMILES string of the molecule is CCc1cc(C=O)cc(OC)c1.COC[C@H]1CCCN1C. The Kier molecular flexibility index (Phi) is 8.01. The summed E-state index contributed by atoms with van der Waals surface area (Å²) < 4.78 is 10.1. The Morgan fingerprint density at radius 2 is 2.10 bits per heavy atom. The van der Waals surface area contributed by atoms with Gasteiger partial charge in [0.05, 0.1) is 13.7 Å². The standard InChI is InChI=1S/C10H12O2.C7H15NO/c1-3-8-4-9(7-11)6-10(5-8)12-2;1-8-5-3-4-7(8)6-9-2/h4-7H,3H2,1-2H3;7H,3-6H2,1-2H3/t;7-/m.1/s1. The van der Waals surface area contributed by atoms with Crippen LogP contribution >= 0.6 is 0 Å². The van der Waals surface area contributed by atoms with Gasteiger partial charge in [-0.1, -0.05) is 6.92 Å². The van der Waals surface area contributed by atoms with Crippen molar-refractivity contribution < 1.29 is 14.3 Å². The van der Waals surface area contributed by atoms with E-state index in [2.05, 4.69) is 11.9 Å². The first kappa shape index (κ1) is 17.7. The number of carbonyl (C=O) groups is 1. The quantitative estimate of drug-likeness (QED) is 0.783. The van der Waals surface area contributed by atoms with Crippen LogP contribution in [0.15, 0.2) is 18.2 Å². The molecule has 1 heterocycles. The van der Waals surface area contributed by atoms with Crippen molar-refractivity contribution >= 4 is 6.29 Å². The Bertz CT molecular complexity index is 412. The van der Waals surface area contributed by atoms with Gasteiger partial charge in [-0.15, -0.1) is 0 Å². The number of hydrogen-bond donors (Lipinski definition) is 0. The number of methoxy groups -OCH3 is 2. The Morgan fingerprint density at radius 1 is 1.33 bits per heavy atom. The minimum atomic E-state index is 0.672. The molecule has 2 rings (SSSR count). The summed E-state index contributed by atoms with van der Waals surface area (Å²) in [6.07, 6.45) is 4.40. The molecule has 0 saturated carbocycles. The van der Waals surface area contributed by atoms with Gasteiger partial charge in [0.15, 0.2) is 0 Å². The number of benzene rings is 1. The van der Waals surface area contributed by atoms with Crippen LogP contribution in [0.5, 0.6) is 5.75 Å². The molecule has 1 fully saturated rings. The van der Waals surface area contributed by atoms with Gasteiger partial charge in [-0.3, -0.25) is 4.79 Å². The monoisotopic (exact) mass is 293 g/mol. The molecule has 0 bridgehead atoms. The molecule has 1 aromatic rings. The van der Waals surface area contributed by atoms with Gasteiger partial charge in [0, 0.05) is 18.7 Å². The number of carbonyl (C=O) groups excluding carboxylic acids is 1. The van der Waals surface area contributed by atoms with E-state index in [0.29, 0.717) is 11.6 Å². The van der Waals surface area contributed by atoms with Crippen LogP contribution in [0.2, 0.25) is 0 Å². The average Bonchev–Trinajstić information content (AvgIpc) is 2.93. The molecular formula is C17H27NO3. The molecule has 0 aromatic heterocycles. The van der Waals surface area contributed by atoms with Gasteiger partial charge in [0.2, 0.25) is 0 Å². The molecule has 21 heavy (non-hydrogen) atoms. The van der Waals surface area contributed by atoms with Crippen molar-refractivity contribution in [3.8, 4) is 5.75 Å². The number of ether oxygens (including phenoxy) is 2. The molecule has 1 saturated heterocycles. The fourth-order valence-electron chi connectivity index (χ4n) is 2.46. The third kappa shape index (κ3) is 5.86. The lowest BCUT2D eigenvalue weighted by molar-refractivity contribution is 0.112. The normalized spacial score (nSPS) is 18.0. The van der Waals surface area contributed by atoms with E-state index in [1.54, 1.807) is 20.3 Å². The first-order valence-corrected chi connectivity index (χ1v) is 7.46. The number of aldehydes is 1. The van der Waals surface area contributed by atoms with E-state index in [1.807, 2.05) is 19.1 Å². The maximum absolute atomic E-state index is 10.5. The van der Waals surface area contributed by atoms with E-state index in [9.17, 15) is 4.79 Å². The smallest absolute Gasteiger partial charge is 0.150 e. The second-order valence-corrected chi connectivity index (χ2v) is 5.32. The molecule has 4 nitrogen and oxygen atoms in total. The Morgan fingerprint density at radius 3 is 2.57 bits per heavy atom. The summed E-state index contributed by atoms with van der Waals surface area (Å²) in [6.45, 7) is 4.19. The summed E-state index contributed by atoms with van der Waals surface area (Å²) >= 11 is 0. The van der Waals surface area contributed by atoms with E-state index in [1.165, 1.54) is 19.4 Å². The van der Waals surface area contributed by atoms with E-state index >= 15 is 0 Å². The summed E-state index contributed by atoms with van der Waals surface area (Å²) in [6, 6.07) is 6.23. The lowest BCUT2D eigenvalue weighted by Gasteiger charge is -2.17. The highest BCUT2D eigenvalue weighted by molar-refractivity contribution is 5.76. The molecule has 0 unspecified atom stereocenters. The zero-order chi connectivity index (χ0) is 15.7. The lowest BCUT2D eigenvalue weighted by atomic mass is 10.1. The average molecular weight is 293 g/mol. The second kappa shape index (κ2) is 9.53. The third-order valence-corrected chi connectivity index (χ3v) is 3.80. The molecule has 0 radical (unpaired) electrons. The maximum Gasteiger partial charge on any atom is 0.150 e. The first-order valence-electron chi connectivity index (χ1n) is 7.46. The molecular weight excluding hydrogens is 266 g/mol. The highest BCUT2D eigenvalue weighted by Gasteiger charge is 2.19. The van der Waals surface area contributed by atoms with E-state index < -0.39 is 0 Å². The Balaban J connectivity index is 0.000000219. The Labute approximate surface area is 128 Å². The van der Waals surface area contributed by atoms with Crippen molar-refractivity contribution in [3.05, 3.63) is 29.3 Å². The molecule has 118 valence electrons. The summed E-state index contributed by atoms with van der Waals surface area (Å²) in [5, 5.41) is 0. The lowest BCUT2D eigenvalue weighted by Crippen LogP contribution is -2.28. The summed E-state index contributed by atoms with van der Waals surface area (Å²) in [4.78, 5) is 12.9. The summed E-state index contributed by atoms with van der Waals surface area (Å²) in [7, 11) is 5.53. The summed E-state index contributed by atoms with van der Waals surface area (Å²) in [5.74, 6) is 0.747. The number of likely N-dealkylation sites (tertiary alicyclic amines) is 1. The van der Waals surface area contributed by atoms with Crippen molar-refractivity contribution in [2.75, 3.05) is 34.4 Å². The van der Waals surface area contributed by atoms with E-state index in [4.69, 9.17) is 9.47 Å². The molecule has 1 aliphatic rings. The topological polar surface area (TPSA) is 38.8 Å². The van der Waals surface area contributed by atoms with Crippen molar-refractivity contribution in [1.82, 2.24) is 4.90 Å². The molecule has 0 aliphatic carbocycles. The zero-order valence-corrected chi connectivity index (χ0v) is 13.6.